The molecule has 0 saturated heterocycles. The Balaban J connectivity index is 2.31. The maximum Gasteiger partial charge on any atom is 0.356 e. The molecule has 82 valence electrons. The second-order valence-corrected chi connectivity index (χ2v) is 3.18. The first kappa shape index (κ1) is 10.3. The van der Waals surface area contributed by atoms with Crippen LogP contribution in [0.4, 0.5) is 0 Å². The summed E-state index contributed by atoms with van der Waals surface area (Å²) in [5, 5.41) is 6.57. The van der Waals surface area contributed by atoms with Crippen molar-refractivity contribution in [2.75, 3.05) is 7.11 Å². The topological polar surface area (TPSA) is 80.8 Å². The monoisotopic (exact) mass is 218 g/mol. The Labute approximate surface area is 91.7 Å². The Bertz CT molecular complexity index is 504. The summed E-state index contributed by atoms with van der Waals surface area (Å²) in [5.41, 5.74) is 1.66. The van der Waals surface area contributed by atoms with E-state index in [1.807, 2.05) is 0 Å². The van der Waals surface area contributed by atoms with E-state index in [4.69, 9.17) is 0 Å². The van der Waals surface area contributed by atoms with Gasteiger partial charge in [-0.25, -0.2) is 14.8 Å². The van der Waals surface area contributed by atoms with Crippen LogP contribution in [0.2, 0.25) is 0 Å². The molecule has 6 heteroatoms. The van der Waals surface area contributed by atoms with Gasteiger partial charge in [0.25, 0.3) is 0 Å². The average Bonchev–Trinajstić information content (AvgIpc) is 2.78. The van der Waals surface area contributed by atoms with Crippen molar-refractivity contribution in [3.8, 4) is 11.3 Å². The predicted molar refractivity (Wildman–Crippen MR) is 55.7 cm³/mol. The van der Waals surface area contributed by atoms with Gasteiger partial charge in [0.15, 0.2) is 0 Å². The summed E-state index contributed by atoms with van der Waals surface area (Å²) in [4.78, 5) is 19.3. The largest absolute Gasteiger partial charge is 0.464 e. The predicted octanol–water partition coefficient (Wildman–Crippen LogP) is 0.962. The Morgan fingerprint density at radius 2 is 2.06 bits per heavy atom. The Kier molecular flexibility index (Phi) is 2.63. The summed E-state index contributed by atoms with van der Waals surface area (Å²) in [6.07, 6.45) is 3.30. The van der Waals surface area contributed by atoms with Gasteiger partial charge in [0, 0.05) is 18.0 Å². The van der Waals surface area contributed by atoms with Crippen molar-refractivity contribution in [2.24, 2.45) is 0 Å². The van der Waals surface area contributed by atoms with Gasteiger partial charge in [0.1, 0.15) is 11.5 Å². The van der Waals surface area contributed by atoms with Crippen LogP contribution in [-0.2, 0) is 4.74 Å². The summed E-state index contributed by atoms with van der Waals surface area (Å²) in [6, 6.07) is 1.60. The van der Waals surface area contributed by atoms with Crippen LogP contribution in [0.1, 0.15) is 16.3 Å². The standard InChI is InChI=1S/C10H10N4O2/c1-6-11-4-7(5-12-6)8-3-9(14-13-8)10(15)16-2/h3-5H,1-2H3,(H,13,14). The van der Waals surface area contributed by atoms with E-state index in [1.54, 1.807) is 25.4 Å². The lowest BCUT2D eigenvalue weighted by molar-refractivity contribution is 0.0594. The first-order chi connectivity index (χ1) is 7.70. The van der Waals surface area contributed by atoms with E-state index in [0.717, 1.165) is 5.56 Å². The SMILES string of the molecule is COC(=O)c1cc(-c2cnc(C)nc2)n[nH]1. The molecule has 0 fully saturated rings. The van der Waals surface area contributed by atoms with Gasteiger partial charge in [-0.2, -0.15) is 5.10 Å². The minimum Gasteiger partial charge on any atom is -0.464 e. The van der Waals surface area contributed by atoms with Crippen molar-refractivity contribution in [3.63, 3.8) is 0 Å². The zero-order chi connectivity index (χ0) is 11.5. The summed E-state index contributed by atoms with van der Waals surface area (Å²) in [7, 11) is 1.32. The molecule has 0 bridgehead atoms. The highest BCUT2D eigenvalue weighted by molar-refractivity contribution is 5.88. The van der Waals surface area contributed by atoms with Gasteiger partial charge >= 0.3 is 5.97 Å². The molecule has 0 amide bonds. The molecule has 2 aromatic rings. The summed E-state index contributed by atoms with van der Waals surface area (Å²) in [6.45, 7) is 1.80. The van der Waals surface area contributed by atoms with Crippen LogP contribution in [-0.4, -0.2) is 33.2 Å². The third kappa shape index (κ3) is 1.90. The van der Waals surface area contributed by atoms with Crippen LogP contribution in [0, 0.1) is 6.92 Å². The molecular weight excluding hydrogens is 208 g/mol. The lowest BCUT2D eigenvalue weighted by Gasteiger charge is -1.94. The minimum atomic E-state index is -0.452. The number of ether oxygens (including phenoxy) is 1. The molecule has 0 atom stereocenters. The van der Waals surface area contributed by atoms with Crippen LogP contribution in [0.15, 0.2) is 18.5 Å². The molecule has 0 aliphatic heterocycles. The van der Waals surface area contributed by atoms with Crippen LogP contribution in [0.5, 0.6) is 0 Å². The number of aromatic amines is 1. The van der Waals surface area contributed by atoms with Gasteiger partial charge in [-0.3, -0.25) is 5.10 Å². The molecule has 0 radical (unpaired) electrons. The molecular formula is C10H10N4O2. The molecule has 2 heterocycles. The molecule has 0 saturated carbocycles. The second kappa shape index (κ2) is 4.09. The van der Waals surface area contributed by atoms with E-state index in [-0.39, 0.29) is 0 Å². The Hall–Kier alpha value is -2.24. The number of rotatable bonds is 2. The number of esters is 1. The summed E-state index contributed by atoms with van der Waals surface area (Å²) >= 11 is 0. The van der Waals surface area contributed by atoms with Crippen molar-refractivity contribution in [1.29, 1.82) is 0 Å². The Morgan fingerprint density at radius 3 is 2.69 bits per heavy atom. The van der Waals surface area contributed by atoms with Crippen LogP contribution in [0.25, 0.3) is 11.3 Å². The summed E-state index contributed by atoms with van der Waals surface area (Å²) < 4.78 is 4.56. The number of methoxy groups -OCH3 is 1. The molecule has 16 heavy (non-hydrogen) atoms. The molecule has 6 nitrogen and oxygen atoms in total. The quantitative estimate of drug-likeness (QED) is 0.759. The number of aryl methyl sites for hydroxylation is 1. The third-order valence-electron chi connectivity index (χ3n) is 2.06. The normalized spacial score (nSPS) is 10.1. The number of nitrogens with zero attached hydrogens (tertiary/aromatic N) is 3. The van der Waals surface area contributed by atoms with Gasteiger partial charge in [-0.05, 0) is 13.0 Å². The van der Waals surface area contributed by atoms with Crippen LogP contribution < -0.4 is 0 Å². The smallest absolute Gasteiger partial charge is 0.356 e. The molecule has 2 aromatic heterocycles. The van der Waals surface area contributed by atoms with Crippen LogP contribution >= 0.6 is 0 Å². The maximum atomic E-state index is 11.2. The van der Waals surface area contributed by atoms with Crippen molar-refractivity contribution in [3.05, 3.63) is 30.0 Å². The van der Waals surface area contributed by atoms with E-state index < -0.39 is 5.97 Å². The molecule has 0 unspecified atom stereocenters. The Morgan fingerprint density at radius 1 is 1.38 bits per heavy atom. The molecule has 2 rings (SSSR count). The molecule has 0 aliphatic carbocycles. The summed E-state index contributed by atoms with van der Waals surface area (Å²) in [5.74, 6) is 0.235. The number of carbonyl (C=O) groups excluding carboxylic acids is 1. The van der Waals surface area contributed by atoms with E-state index >= 15 is 0 Å². The zero-order valence-corrected chi connectivity index (χ0v) is 8.89. The molecule has 0 spiro atoms. The third-order valence-corrected chi connectivity index (χ3v) is 2.06. The van der Waals surface area contributed by atoms with Crippen LogP contribution in [0.3, 0.4) is 0 Å². The molecule has 0 aliphatic rings. The molecule has 0 aromatic carbocycles. The zero-order valence-electron chi connectivity index (χ0n) is 8.89. The first-order valence-electron chi connectivity index (χ1n) is 4.63. The van der Waals surface area contributed by atoms with Gasteiger partial charge in [-0.1, -0.05) is 0 Å². The average molecular weight is 218 g/mol. The number of carbonyl (C=O) groups is 1. The van der Waals surface area contributed by atoms with Gasteiger partial charge in [0.2, 0.25) is 0 Å². The van der Waals surface area contributed by atoms with Gasteiger partial charge < -0.3 is 4.74 Å². The van der Waals surface area contributed by atoms with E-state index in [1.165, 1.54) is 7.11 Å². The van der Waals surface area contributed by atoms with E-state index in [9.17, 15) is 4.79 Å². The highest BCUT2D eigenvalue weighted by Gasteiger charge is 2.11. The maximum absolute atomic E-state index is 11.2. The number of H-pyrrole nitrogens is 1. The highest BCUT2D eigenvalue weighted by atomic mass is 16.5. The highest BCUT2D eigenvalue weighted by Crippen LogP contribution is 2.15. The lowest BCUT2D eigenvalue weighted by atomic mass is 10.2. The minimum absolute atomic E-state index is 0.304. The lowest BCUT2D eigenvalue weighted by Crippen LogP contribution is -2.00. The van der Waals surface area contributed by atoms with Gasteiger partial charge in [-0.15, -0.1) is 0 Å². The number of aromatic nitrogens is 4. The van der Waals surface area contributed by atoms with Gasteiger partial charge in [0.05, 0.1) is 12.8 Å². The fraction of sp³-hybridized carbons (Fsp3) is 0.200. The number of hydrogen-bond acceptors (Lipinski definition) is 5. The fourth-order valence-electron chi connectivity index (χ4n) is 1.21. The molecule has 1 N–H and O–H groups in total. The fourth-order valence-corrected chi connectivity index (χ4v) is 1.21. The van der Waals surface area contributed by atoms with Crippen molar-refractivity contribution in [2.45, 2.75) is 6.92 Å². The van der Waals surface area contributed by atoms with E-state index in [0.29, 0.717) is 17.2 Å². The second-order valence-electron chi connectivity index (χ2n) is 3.18. The first-order valence-corrected chi connectivity index (χ1v) is 4.63. The van der Waals surface area contributed by atoms with E-state index in [2.05, 4.69) is 24.9 Å². The van der Waals surface area contributed by atoms with Crippen molar-refractivity contribution < 1.29 is 9.53 Å². The van der Waals surface area contributed by atoms with Crippen molar-refractivity contribution >= 4 is 5.97 Å². The van der Waals surface area contributed by atoms with Crippen molar-refractivity contribution in [1.82, 2.24) is 20.2 Å². The number of nitrogens with one attached hydrogen (secondary N) is 1. The number of hydrogen-bond donors (Lipinski definition) is 1.